The molecule has 2 aliphatic heterocycles. The third-order valence-electron chi connectivity index (χ3n) is 11.3. The highest BCUT2D eigenvalue weighted by Gasteiger charge is 2.58. The van der Waals surface area contributed by atoms with Gasteiger partial charge in [0.2, 0.25) is 0 Å². The van der Waals surface area contributed by atoms with Crippen molar-refractivity contribution in [2.24, 2.45) is 0 Å². The maximum Gasteiger partial charge on any atom is 0.0111 e. The second kappa shape index (κ2) is 19.9. The summed E-state index contributed by atoms with van der Waals surface area (Å²) in [4.78, 5) is 0.725. The zero-order chi connectivity index (χ0) is 28.5. The number of rotatable bonds is 24. The van der Waals surface area contributed by atoms with Gasteiger partial charge in [0.15, 0.2) is 0 Å². The number of unbranched alkanes of at least 4 members (excludes halogenated alkanes) is 12. The van der Waals surface area contributed by atoms with Crippen LogP contribution in [0.15, 0.2) is 0 Å². The van der Waals surface area contributed by atoms with Gasteiger partial charge in [0.05, 0.1) is 0 Å². The number of hydrogen-bond donors (Lipinski definition) is 0. The molecule has 0 bridgehead atoms. The van der Waals surface area contributed by atoms with Crippen molar-refractivity contribution in [3.8, 4) is 0 Å². The van der Waals surface area contributed by atoms with Crippen LogP contribution in [0.2, 0.25) is 0 Å². The first-order valence-corrected chi connectivity index (χ1v) is 21.7. The molecule has 2 atom stereocenters. The van der Waals surface area contributed by atoms with Crippen LogP contribution < -0.4 is 0 Å². The molecular weight excluding hydrogens is 506 g/mol. The van der Waals surface area contributed by atoms with Crippen LogP contribution in [-0.2, 0) is 0 Å². The minimum absolute atomic E-state index is 0.133. The molecule has 0 nitrogen and oxygen atoms in total. The molecule has 0 amide bonds. The van der Waals surface area contributed by atoms with Crippen molar-refractivity contribution < 1.29 is 0 Å². The van der Waals surface area contributed by atoms with E-state index in [1.807, 2.05) is 0 Å². The quantitative estimate of drug-likeness (QED) is 0.0787. The second-order valence-electron chi connectivity index (χ2n) is 13.9. The molecule has 2 saturated heterocycles. The first-order valence-electron chi connectivity index (χ1n) is 18.6. The minimum atomic E-state index is 0.133. The monoisotopic (exact) mass is 581 g/mol. The lowest BCUT2D eigenvalue weighted by Crippen LogP contribution is -2.39. The van der Waals surface area contributed by atoms with E-state index < -0.39 is 0 Å². The Bertz CT molecular complexity index is 522. The van der Waals surface area contributed by atoms with Gasteiger partial charge in [0.1, 0.15) is 0 Å². The Labute approximate surface area is 251 Å². The lowest BCUT2D eigenvalue weighted by atomic mass is 9.90. The maximum absolute atomic E-state index is 2.68. The molecule has 2 unspecified atom stereocenters. The van der Waals surface area contributed by atoms with E-state index in [0.717, 1.165) is 15.2 Å². The summed E-state index contributed by atoms with van der Waals surface area (Å²) >= 11 is 0. The Balaban J connectivity index is 2.40. The molecule has 39 heavy (non-hydrogen) atoms. The van der Waals surface area contributed by atoms with Gasteiger partial charge in [-0.05, 0) is 86.8 Å². The van der Waals surface area contributed by atoms with Crippen molar-refractivity contribution in [3.63, 3.8) is 0 Å². The van der Waals surface area contributed by atoms with Crippen molar-refractivity contribution in [2.45, 2.75) is 224 Å². The SMILES string of the molecule is CCCCCCC1(CCCCCC)CCCP1C(CC)(CC)P1CCCC1(CCCCCC)CCCCCC. The van der Waals surface area contributed by atoms with E-state index in [1.165, 1.54) is 116 Å². The van der Waals surface area contributed by atoms with E-state index in [2.05, 4.69) is 41.5 Å². The van der Waals surface area contributed by atoms with Crippen molar-refractivity contribution in [1.29, 1.82) is 0 Å². The Morgan fingerprint density at radius 2 is 0.744 bits per heavy atom. The zero-order valence-electron chi connectivity index (χ0n) is 28.2. The fraction of sp³-hybridized carbons (Fsp3) is 1.00. The van der Waals surface area contributed by atoms with Gasteiger partial charge in [-0.1, -0.05) is 160 Å². The predicted octanol–water partition coefficient (Wildman–Crippen LogP) is 14.4. The van der Waals surface area contributed by atoms with Gasteiger partial charge in [-0.25, -0.2) is 0 Å². The summed E-state index contributed by atoms with van der Waals surface area (Å²) in [5.74, 6) is 0. The summed E-state index contributed by atoms with van der Waals surface area (Å²) in [6.45, 7) is 14.9. The lowest BCUT2D eigenvalue weighted by molar-refractivity contribution is 0.418. The van der Waals surface area contributed by atoms with E-state index >= 15 is 0 Å². The van der Waals surface area contributed by atoms with Crippen molar-refractivity contribution >= 4 is 15.8 Å². The Morgan fingerprint density at radius 1 is 0.436 bits per heavy atom. The van der Waals surface area contributed by atoms with Crippen LogP contribution in [0, 0.1) is 0 Å². The largest absolute Gasteiger partial charge is 0.0895 e. The summed E-state index contributed by atoms with van der Waals surface area (Å²) in [5.41, 5.74) is 0. The predicted molar refractivity (Wildman–Crippen MR) is 186 cm³/mol. The molecule has 0 radical (unpaired) electrons. The Kier molecular flexibility index (Phi) is 18.4. The standard InChI is InChI=1S/C37H74P2/c1-7-13-17-21-27-35(28-22-18-14-8-2)31-25-33-38(35)37(11-5,12-6)39-34-26-32-36(39,29-23-19-15-9-3)30-24-20-16-10-4/h7-34H2,1-6H3. The average molecular weight is 581 g/mol. The van der Waals surface area contributed by atoms with E-state index in [-0.39, 0.29) is 15.8 Å². The van der Waals surface area contributed by atoms with Crippen LogP contribution in [-0.4, -0.2) is 27.5 Å². The molecule has 2 heterocycles. The van der Waals surface area contributed by atoms with Gasteiger partial charge in [0, 0.05) is 4.90 Å². The van der Waals surface area contributed by atoms with Crippen LogP contribution in [0.4, 0.5) is 0 Å². The van der Waals surface area contributed by atoms with Crippen LogP contribution in [0.3, 0.4) is 0 Å². The topological polar surface area (TPSA) is 0 Å². The second-order valence-corrected chi connectivity index (χ2v) is 20.5. The van der Waals surface area contributed by atoms with E-state index in [0.29, 0.717) is 0 Å². The summed E-state index contributed by atoms with van der Waals surface area (Å²) in [6.07, 6.45) is 42.5. The normalized spacial score (nSPS) is 22.6. The van der Waals surface area contributed by atoms with Gasteiger partial charge in [-0.3, -0.25) is 0 Å². The summed E-state index contributed by atoms with van der Waals surface area (Å²) in [7, 11) is 0.267. The first-order chi connectivity index (χ1) is 19.0. The summed E-state index contributed by atoms with van der Waals surface area (Å²) in [6, 6.07) is 0. The van der Waals surface area contributed by atoms with Gasteiger partial charge < -0.3 is 0 Å². The Hall–Kier alpha value is 0.860. The molecule has 0 saturated carbocycles. The molecule has 0 aromatic heterocycles. The van der Waals surface area contributed by atoms with Crippen LogP contribution in [0.1, 0.15) is 208 Å². The van der Waals surface area contributed by atoms with Crippen LogP contribution in [0.5, 0.6) is 0 Å². The molecule has 232 valence electrons. The van der Waals surface area contributed by atoms with E-state index in [9.17, 15) is 0 Å². The average Bonchev–Trinajstić information content (AvgIpc) is 3.57. The van der Waals surface area contributed by atoms with E-state index in [1.54, 1.807) is 63.7 Å². The zero-order valence-corrected chi connectivity index (χ0v) is 30.0. The lowest BCUT2D eigenvalue weighted by Gasteiger charge is -2.56. The molecule has 0 aromatic carbocycles. The fourth-order valence-electron chi connectivity index (χ4n) is 9.15. The van der Waals surface area contributed by atoms with Gasteiger partial charge >= 0.3 is 0 Å². The van der Waals surface area contributed by atoms with E-state index in [4.69, 9.17) is 0 Å². The van der Waals surface area contributed by atoms with Gasteiger partial charge in [0.25, 0.3) is 0 Å². The molecule has 2 rings (SSSR count). The van der Waals surface area contributed by atoms with Crippen molar-refractivity contribution in [3.05, 3.63) is 0 Å². The molecule has 0 aromatic rings. The Morgan fingerprint density at radius 3 is 1.00 bits per heavy atom. The third-order valence-corrected chi connectivity index (χ3v) is 21.2. The summed E-state index contributed by atoms with van der Waals surface area (Å²) in [5, 5.41) is 1.48. The highest BCUT2D eigenvalue weighted by molar-refractivity contribution is 7.79. The van der Waals surface area contributed by atoms with Gasteiger partial charge in [-0.2, -0.15) is 0 Å². The van der Waals surface area contributed by atoms with Crippen molar-refractivity contribution in [1.82, 2.24) is 0 Å². The van der Waals surface area contributed by atoms with Crippen LogP contribution >= 0.6 is 15.8 Å². The first kappa shape index (κ1) is 36.1. The summed E-state index contributed by atoms with van der Waals surface area (Å²) < 4.78 is 0. The number of hydrogen-bond acceptors (Lipinski definition) is 0. The molecular formula is C37H74P2. The van der Waals surface area contributed by atoms with Crippen LogP contribution in [0.25, 0.3) is 0 Å². The fourth-order valence-corrected chi connectivity index (χ4v) is 20.8. The highest BCUT2D eigenvalue weighted by Crippen LogP contribution is 2.84. The van der Waals surface area contributed by atoms with Crippen molar-refractivity contribution in [2.75, 3.05) is 12.3 Å². The molecule has 0 spiro atoms. The smallest absolute Gasteiger partial charge is 0.0111 e. The molecule has 0 aliphatic carbocycles. The molecule has 2 heteroatoms. The van der Waals surface area contributed by atoms with Gasteiger partial charge in [-0.15, -0.1) is 0 Å². The molecule has 2 fully saturated rings. The molecule has 0 N–H and O–H groups in total. The minimum Gasteiger partial charge on any atom is -0.0895 e. The highest BCUT2D eigenvalue weighted by atomic mass is 31.2. The third kappa shape index (κ3) is 9.95. The maximum atomic E-state index is 2.68. The molecule has 2 aliphatic rings.